The number of carbonyl (C=O) groups is 3. The largest absolute Gasteiger partial charge is 0.337 e. The van der Waals surface area contributed by atoms with Gasteiger partial charge in [-0.25, -0.2) is 0 Å². The fourth-order valence-electron chi connectivity index (χ4n) is 1.96. The van der Waals surface area contributed by atoms with Crippen LogP contribution < -0.4 is 16.0 Å². The molecule has 0 saturated carbocycles. The monoisotopic (exact) mass is 468 g/mol. The number of nitrogens with one attached hydrogen (secondary N) is 3. The molecule has 0 aliphatic heterocycles. The second-order valence-corrected chi connectivity index (χ2v) is 7.86. The van der Waals surface area contributed by atoms with E-state index in [4.69, 9.17) is 0 Å². The first kappa shape index (κ1) is 35.1. The van der Waals surface area contributed by atoms with E-state index in [-0.39, 0.29) is 36.2 Å². The van der Waals surface area contributed by atoms with Crippen LogP contribution >= 0.6 is 0 Å². The van der Waals surface area contributed by atoms with Crippen LogP contribution in [0.5, 0.6) is 0 Å². The standard InChI is InChI=1S/C9H18N2O.C8H16N2O.C7H14N2O/c1-5-9(12)10-8(4)11(6-2)7-3;1-6(2)8(11)9-7(3)10(4)5;1-5-7(10)8-6(2)9(3)4/h5,8H,1,6-7H2,2-4H3,(H,10,12);7H,1H2,2-5H3,(H,9,11);5-6H,1H2,2-4H3,(H,8,10). The average Bonchev–Trinajstić information content (AvgIpc) is 2.74. The van der Waals surface area contributed by atoms with E-state index >= 15 is 0 Å². The highest BCUT2D eigenvalue weighted by atomic mass is 16.2. The van der Waals surface area contributed by atoms with E-state index < -0.39 is 0 Å². The molecule has 0 saturated heterocycles. The fraction of sp³-hybridized carbons (Fsp3) is 0.625. The Morgan fingerprint density at radius 1 is 0.758 bits per heavy atom. The summed E-state index contributed by atoms with van der Waals surface area (Å²) in [7, 11) is 7.61. The quantitative estimate of drug-likeness (QED) is 0.316. The van der Waals surface area contributed by atoms with Crippen LogP contribution in [0.15, 0.2) is 37.5 Å². The van der Waals surface area contributed by atoms with Crippen molar-refractivity contribution in [3.8, 4) is 0 Å². The summed E-state index contributed by atoms with van der Waals surface area (Å²) < 4.78 is 0. The first-order valence-electron chi connectivity index (χ1n) is 11.1. The van der Waals surface area contributed by atoms with E-state index in [0.717, 1.165) is 13.1 Å². The van der Waals surface area contributed by atoms with Gasteiger partial charge < -0.3 is 16.0 Å². The third-order valence-electron chi connectivity index (χ3n) is 4.71. The third kappa shape index (κ3) is 19.9. The predicted octanol–water partition coefficient (Wildman–Crippen LogP) is 1.76. The molecule has 0 fully saturated rings. The molecule has 33 heavy (non-hydrogen) atoms. The van der Waals surface area contributed by atoms with Gasteiger partial charge in [-0.3, -0.25) is 29.1 Å². The number of carbonyl (C=O) groups excluding carboxylic acids is 3. The van der Waals surface area contributed by atoms with Crippen molar-refractivity contribution >= 4 is 17.7 Å². The minimum Gasteiger partial charge on any atom is -0.337 e. The Labute approximate surface area is 201 Å². The molecule has 9 heteroatoms. The van der Waals surface area contributed by atoms with E-state index in [2.05, 4.69) is 54.4 Å². The van der Waals surface area contributed by atoms with E-state index in [9.17, 15) is 14.4 Å². The van der Waals surface area contributed by atoms with Gasteiger partial charge in [0.1, 0.15) is 0 Å². The molecule has 0 spiro atoms. The number of rotatable bonds is 11. The van der Waals surface area contributed by atoms with Crippen molar-refractivity contribution in [2.45, 2.75) is 60.0 Å². The molecule has 0 rings (SSSR count). The summed E-state index contributed by atoms with van der Waals surface area (Å²) in [4.78, 5) is 38.6. The highest BCUT2D eigenvalue weighted by molar-refractivity contribution is 5.92. The molecule has 3 N–H and O–H groups in total. The van der Waals surface area contributed by atoms with E-state index in [1.54, 1.807) is 6.92 Å². The maximum absolute atomic E-state index is 11.0. The van der Waals surface area contributed by atoms with Crippen molar-refractivity contribution < 1.29 is 14.4 Å². The molecule has 3 unspecified atom stereocenters. The second-order valence-electron chi connectivity index (χ2n) is 7.86. The van der Waals surface area contributed by atoms with Gasteiger partial charge in [0.25, 0.3) is 0 Å². The number of hydrogen-bond donors (Lipinski definition) is 3. The lowest BCUT2D eigenvalue weighted by Crippen LogP contribution is -2.45. The van der Waals surface area contributed by atoms with E-state index in [0.29, 0.717) is 5.57 Å². The minimum atomic E-state index is -0.138. The first-order chi connectivity index (χ1) is 15.2. The smallest absolute Gasteiger partial charge is 0.247 e. The zero-order chi connectivity index (χ0) is 26.7. The van der Waals surface area contributed by atoms with E-state index in [1.165, 1.54) is 12.2 Å². The maximum Gasteiger partial charge on any atom is 0.247 e. The number of nitrogens with zero attached hydrogens (tertiary/aromatic N) is 3. The van der Waals surface area contributed by atoms with Crippen LogP contribution in [0.3, 0.4) is 0 Å². The van der Waals surface area contributed by atoms with Gasteiger partial charge in [0, 0.05) is 5.57 Å². The molecule has 9 nitrogen and oxygen atoms in total. The van der Waals surface area contributed by atoms with Gasteiger partial charge in [0.2, 0.25) is 17.7 Å². The summed E-state index contributed by atoms with van der Waals surface area (Å²) in [6, 6.07) is 0. The second kappa shape index (κ2) is 20.1. The molecule has 0 aliphatic rings. The zero-order valence-corrected chi connectivity index (χ0v) is 22.5. The predicted molar refractivity (Wildman–Crippen MR) is 138 cm³/mol. The van der Waals surface area contributed by atoms with Crippen LogP contribution in [0, 0.1) is 0 Å². The van der Waals surface area contributed by atoms with Gasteiger partial charge in [-0.2, -0.15) is 0 Å². The Morgan fingerprint density at radius 3 is 1.36 bits per heavy atom. The summed E-state index contributed by atoms with van der Waals surface area (Å²) in [5.41, 5.74) is 0.540. The molecule has 0 bridgehead atoms. The Balaban J connectivity index is -0.000000411. The normalized spacial score (nSPS) is 12.8. The van der Waals surface area contributed by atoms with Crippen molar-refractivity contribution in [3.63, 3.8) is 0 Å². The molecule has 0 aromatic heterocycles. The van der Waals surface area contributed by atoms with Gasteiger partial charge >= 0.3 is 0 Å². The first-order valence-corrected chi connectivity index (χ1v) is 11.1. The van der Waals surface area contributed by atoms with Gasteiger partial charge in [0.05, 0.1) is 18.5 Å². The Kier molecular flexibility index (Phi) is 21.4. The van der Waals surface area contributed by atoms with Gasteiger partial charge in [0.15, 0.2) is 0 Å². The van der Waals surface area contributed by atoms with Crippen LogP contribution in [-0.4, -0.2) is 92.2 Å². The lowest BCUT2D eigenvalue weighted by molar-refractivity contribution is -0.119. The van der Waals surface area contributed by atoms with Crippen LogP contribution in [-0.2, 0) is 14.4 Å². The fourth-order valence-corrected chi connectivity index (χ4v) is 1.96. The molecule has 0 aromatic rings. The van der Waals surface area contributed by atoms with Crippen molar-refractivity contribution in [1.82, 2.24) is 30.7 Å². The van der Waals surface area contributed by atoms with Gasteiger partial charge in [-0.1, -0.05) is 33.6 Å². The van der Waals surface area contributed by atoms with Crippen molar-refractivity contribution in [3.05, 3.63) is 37.5 Å². The summed E-state index contributed by atoms with van der Waals surface area (Å²) >= 11 is 0. The molecular formula is C24H48N6O3. The highest BCUT2D eigenvalue weighted by Gasteiger charge is 2.10. The van der Waals surface area contributed by atoms with Crippen LogP contribution in [0.1, 0.15) is 41.5 Å². The molecule has 0 aromatic carbocycles. The highest BCUT2D eigenvalue weighted by Crippen LogP contribution is 1.94. The van der Waals surface area contributed by atoms with Crippen molar-refractivity contribution in [2.24, 2.45) is 0 Å². The third-order valence-corrected chi connectivity index (χ3v) is 4.71. The number of amides is 3. The molecule has 0 heterocycles. The van der Waals surface area contributed by atoms with Crippen molar-refractivity contribution in [1.29, 1.82) is 0 Å². The van der Waals surface area contributed by atoms with Crippen LogP contribution in [0.2, 0.25) is 0 Å². The average molecular weight is 469 g/mol. The zero-order valence-electron chi connectivity index (χ0n) is 22.5. The SMILES string of the molecule is C=C(C)C(=O)NC(C)N(C)C.C=CC(=O)NC(C)N(C)C.C=CC(=O)NC(C)N(CC)CC. The molecule has 192 valence electrons. The van der Waals surface area contributed by atoms with Gasteiger partial charge in [-0.05, 0) is 81.1 Å². The molecule has 3 amide bonds. The minimum absolute atomic E-state index is 0.0548. The Bertz CT molecular complexity index is 615. The summed E-state index contributed by atoms with van der Waals surface area (Å²) in [5.74, 6) is -0.346. The summed E-state index contributed by atoms with van der Waals surface area (Å²) in [6.45, 7) is 23.8. The topological polar surface area (TPSA) is 97.0 Å². The van der Waals surface area contributed by atoms with Crippen LogP contribution in [0.4, 0.5) is 0 Å². The lowest BCUT2D eigenvalue weighted by Gasteiger charge is -2.26. The summed E-state index contributed by atoms with van der Waals surface area (Å²) in [5, 5.41) is 8.26. The Morgan fingerprint density at radius 2 is 1.09 bits per heavy atom. The molecular weight excluding hydrogens is 420 g/mol. The van der Waals surface area contributed by atoms with Crippen LogP contribution in [0.25, 0.3) is 0 Å². The molecule has 3 atom stereocenters. The molecule has 0 aliphatic carbocycles. The Hall–Kier alpha value is -2.49. The van der Waals surface area contributed by atoms with E-state index in [1.807, 2.05) is 58.8 Å². The number of hydrogen-bond acceptors (Lipinski definition) is 6. The molecule has 0 radical (unpaired) electrons. The lowest BCUT2D eigenvalue weighted by atomic mass is 10.3. The van der Waals surface area contributed by atoms with Gasteiger partial charge in [-0.15, -0.1) is 0 Å². The van der Waals surface area contributed by atoms with Crippen molar-refractivity contribution in [2.75, 3.05) is 41.3 Å². The maximum atomic E-state index is 11.0. The summed E-state index contributed by atoms with van der Waals surface area (Å²) in [6.07, 6.45) is 2.76.